The van der Waals surface area contributed by atoms with Crippen LogP contribution in [0.1, 0.15) is 18.2 Å². The van der Waals surface area contributed by atoms with E-state index in [1.807, 2.05) is 19.1 Å². The van der Waals surface area contributed by atoms with Gasteiger partial charge in [-0.1, -0.05) is 6.07 Å². The van der Waals surface area contributed by atoms with Crippen LogP contribution in [0.5, 0.6) is 0 Å². The van der Waals surface area contributed by atoms with E-state index in [1.54, 1.807) is 13.1 Å². The molecule has 0 aliphatic carbocycles. The molecular weight excluding hydrogens is 260 g/mol. The predicted molar refractivity (Wildman–Crippen MR) is 75.3 cm³/mol. The molecular formula is C13H16N4OS. The summed E-state index contributed by atoms with van der Waals surface area (Å²) in [6.07, 6.45) is 2.61. The van der Waals surface area contributed by atoms with Crippen molar-refractivity contribution < 1.29 is 0 Å². The molecule has 0 aromatic carbocycles. The Kier molecular flexibility index (Phi) is 4.34. The van der Waals surface area contributed by atoms with Crippen molar-refractivity contribution in [3.05, 3.63) is 46.0 Å². The second-order valence-electron chi connectivity index (χ2n) is 4.48. The van der Waals surface area contributed by atoms with Gasteiger partial charge in [0.2, 0.25) is 0 Å². The lowest BCUT2D eigenvalue weighted by atomic mass is 10.1. The van der Waals surface area contributed by atoms with Gasteiger partial charge in [-0.05, 0) is 43.7 Å². The lowest BCUT2D eigenvalue weighted by Gasteiger charge is -2.05. The maximum absolute atomic E-state index is 11.3. The summed E-state index contributed by atoms with van der Waals surface area (Å²) in [7, 11) is 0. The number of aromatic amines is 1. The third-order valence-electron chi connectivity index (χ3n) is 2.40. The van der Waals surface area contributed by atoms with Crippen LogP contribution in [-0.4, -0.2) is 21.0 Å². The highest BCUT2D eigenvalue weighted by molar-refractivity contribution is 7.99. The second kappa shape index (κ2) is 5.99. The van der Waals surface area contributed by atoms with E-state index in [0.29, 0.717) is 10.9 Å². The fourth-order valence-electron chi connectivity index (χ4n) is 1.66. The molecule has 0 amide bonds. The molecule has 19 heavy (non-hydrogen) atoms. The second-order valence-corrected chi connectivity index (χ2v) is 5.49. The van der Waals surface area contributed by atoms with Crippen LogP contribution in [0, 0.1) is 6.92 Å². The van der Waals surface area contributed by atoms with Gasteiger partial charge in [-0.15, -0.1) is 0 Å². The molecule has 2 aromatic heterocycles. The van der Waals surface area contributed by atoms with E-state index in [4.69, 9.17) is 5.73 Å². The van der Waals surface area contributed by atoms with Gasteiger partial charge in [0.1, 0.15) is 5.03 Å². The van der Waals surface area contributed by atoms with Crippen molar-refractivity contribution in [1.29, 1.82) is 0 Å². The summed E-state index contributed by atoms with van der Waals surface area (Å²) in [5.41, 5.74) is 7.38. The minimum Gasteiger partial charge on any atom is -0.328 e. The lowest BCUT2D eigenvalue weighted by Crippen LogP contribution is -2.17. The van der Waals surface area contributed by atoms with E-state index in [0.717, 1.165) is 17.0 Å². The molecule has 6 heteroatoms. The first-order chi connectivity index (χ1) is 9.02. The number of hydrogen-bond acceptors (Lipinski definition) is 5. The molecule has 1 atom stereocenters. The zero-order chi connectivity index (χ0) is 13.8. The first-order valence-electron chi connectivity index (χ1n) is 5.99. The maximum Gasteiger partial charge on any atom is 0.251 e. The highest BCUT2D eigenvalue weighted by Crippen LogP contribution is 2.21. The first-order valence-corrected chi connectivity index (χ1v) is 6.81. The minimum atomic E-state index is -0.149. The molecule has 0 aliphatic heterocycles. The number of hydrogen-bond donors (Lipinski definition) is 2. The number of pyridine rings is 1. The van der Waals surface area contributed by atoms with Crippen LogP contribution >= 0.6 is 11.8 Å². The lowest BCUT2D eigenvalue weighted by molar-refractivity contribution is 0.734. The summed E-state index contributed by atoms with van der Waals surface area (Å²) >= 11 is 1.33. The Hall–Kier alpha value is -1.66. The fraction of sp³-hybridized carbons (Fsp3) is 0.308. The highest BCUT2D eigenvalue weighted by Gasteiger charge is 2.04. The van der Waals surface area contributed by atoms with Gasteiger partial charge in [-0.25, -0.2) is 9.97 Å². The van der Waals surface area contributed by atoms with Crippen LogP contribution in [0.4, 0.5) is 0 Å². The Balaban J connectivity index is 2.12. The molecule has 0 saturated heterocycles. The van der Waals surface area contributed by atoms with Crippen molar-refractivity contribution in [3.63, 3.8) is 0 Å². The Bertz CT molecular complexity index is 607. The summed E-state index contributed by atoms with van der Waals surface area (Å²) in [6.45, 7) is 3.75. The Labute approximate surface area is 115 Å². The van der Waals surface area contributed by atoms with Crippen LogP contribution < -0.4 is 11.3 Å². The summed E-state index contributed by atoms with van der Waals surface area (Å²) in [5.74, 6) is 0. The summed E-state index contributed by atoms with van der Waals surface area (Å²) in [6, 6.07) is 5.48. The average Bonchev–Trinajstić information content (AvgIpc) is 2.29. The van der Waals surface area contributed by atoms with E-state index in [-0.39, 0.29) is 11.6 Å². The van der Waals surface area contributed by atoms with Gasteiger partial charge in [-0.2, -0.15) is 0 Å². The van der Waals surface area contributed by atoms with Crippen molar-refractivity contribution in [2.45, 2.75) is 36.5 Å². The fourth-order valence-corrected chi connectivity index (χ4v) is 2.44. The van der Waals surface area contributed by atoms with E-state index >= 15 is 0 Å². The van der Waals surface area contributed by atoms with Gasteiger partial charge in [0, 0.05) is 24.0 Å². The predicted octanol–water partition coefficient (Wildman–Crippen LogP) is 1.51. The van der Waals surface area contributed by atoms with Crippen molar-refractivity contribution >= 4 is 11.8 Å². The molecule has 0 aliphatic rings. The third kappa shape index (κ3) is 4.18. The van der Waals surface area contributed by atoms with Crippen LogP contribution in [0.15, 0.2) is 39.4 Å². The molecule has 0 spiro atoms. The van der Waals surface area contributed by atoms with Crippen molar-refractivity contribution in [2.75, 3.05) is 0 Å². The van der Waals surface area contributed by atoms with E-state index in [1.165, 1.54) is 17.8 Å². The molecule has 0 radical (unpaired) electrons. The topological polar surface area (TPSA) is 84.7 Å². The maximum atomic E-state index is 11.3. The molecule has 0 fully saturated rings. The normalized spacial score (nSPS) is 12.4. The molecule has 2 rings (SSSR count). The quantitative estimate of drug-likeness (QED) is 0.827. The zero-order valence-corrected chi connectivity index (χ0v) is 11.7. The van der Waals surface area contributed by atoms with Gasteiger partial charge in [-0.3, -0.25) is 4.79 Å². The molecule has 100 valence electrons. The number of aryl methyl sites for hydroxylation is 1. The van der Waals surface area contributed by atoms with E-state index in [9.17, 15) is 4.79 Å². The Morgan fingerprint density at radius 2 is 2.26 bits per heavy atom. The van der Waals surface area contributed by atoms with Crippen LogP contribution in [-0.2, 0) is 6.42 Å². The number of nitrogens with two attached hydrogens (primary N) is 1. The Morgan fingerprint density at radius 3 is 2.84 bits per heavy atom. The van der Waals surface area contributed by atoms with Crippen molar-refractivity contribution in [2.24, 2.45) is 5.73 Å². The standard InChI is InChI=1S/C13H16N4OS/c1-8(14)5-10-3-4-12(15-7-10)19-13-16-9(2)6-11(18)17-13/h3-4,6-8H,5,14H2,1-2H3,(H,16,17,18). The summed E-state index contributed by atoms with van der Waals surface area (Å²) in [4.78, 5) is 22.6. The molecule has 2 heterocycles. The van der Waals surface area contributed by atoms with Crippen LogP contribution in [0.25, 0.3) is 0 Å². The van der Waals surface area contributed by atoms with Crippen molar-refractivity contribution in [1.82, 2.24) is 15.0 Å². The third-order valence-corrected chi connectivity index (χ3v) is 3.24. The highest BCUT2D eigenvalue weighted by atomic mass is 32.2. The van der Waals surface area contributed by atoms with Crippen LogP contribution in [0.2, 0.25) is 0 Å². The smallest absolute Gasteiger partial charge is 0.251 e. The minimum absolute atomic E-state index is 0.120. The monoisotopic (exact) mass is 276 g/mol. The van der Waals surface area contributed by atoms with Gasteiger partial charge in [0.15, 0.2) is 5.16 Å². The summed E-state index contributed by atoms with van der Waals surface area (Å²) < 4.78 is 0. The number of H-pyrrole nitrogens is 1. The largest absolute Gasteiger partial charge is 0.328 e. The molecule has 5 nitrogen and oxygen atoms in total. The van der Waals surface area contributed by atoms with Crippen molar-refractivity contribution in [3.8, 4) is 0 Å². The molecule has 1 unspecified atom stereocenters. The number of rotatable bonds is 4. The van der Waals surface area contributed by atoms with Gasteiger partial charge < -0.3 is 10.7 Å². The molecule has 0 saturated carbocycles. The number of aromatic nitrogens is 3. The summed E-state index contributed by atoms with van der Waals surface area (Å²) in [5, 5.41) is 1.35. The van der Waals surface area contributed by atoms with E-state index in [2.05, 4.69) is 15.0 Å². The van der Waals surface area contributed by atoms with Gasteiger partial charge in [0.05, 0.1) is 0 Å². The molecule has 2 aromatic rings. The first kappa shape index (κ1) is 13.8. The zero-order valence-electron chi connectivity index (χ0n) is 10.9. The van der Waals surface area contributed by atoms with Crippen LogP contribution in [0.3, 0.4) is 0 Å². The SMILES string of the molecule is Cc1cc(=O)[nH]c(Sc2ccc(CC(C)N)cn2)n1. The van der Waals surface area contributed by atoms with Gasteiger partial charge >= 0.3 is 0 Å². The number of nitrogens with one attached hydrogen (secondary N) is 1. The molecule has 3 N–H and O–H groups in total. The van der Waals surface area contributed by atoms with Gasteiger partial charge in [0.25, 0.3) is 5.56 Å². The average molecular weight is 276 g/mol. The van der Waals surface area contributed by atoms with E-state index < -0.39 is 0 Å². The Morgan fingerprint density at radius 1 is 1.47 bits per heavy atom. The number of nitrogens with zero attached hydrogens (tertiary/aromatic N) is 2. The molecule has 0 bridgehead atoms.